The molecule has 0 amide bonds. The van der Waals surface area contributed by atoms with Gasteiger partial charge in [-0.1, -0.05) is 12.5 Å². The van der Waals surface area contributed by atoms with Crippen molar-refractivity contribution in [3.8, 4) is 11.8 Å². The molecule has 1 N–H and O–H groups in total. The van der Waals surface area contributed by atoms with Gasteiger partial charge in [-0.3, -0.25) is 0 Å². The van der Waals surface area contributed by atoms with Crippen molar-refractivity contribution in [3.63, 3.8) is 0 Å². The lowest BCUT2D eigenvalue weighted by molar-refractivity contribution is 0.181. The number of methoxy groups -OCH3 is 1. The van der Waals surface area contributed by atoms with Crippen LogP contribution >= 0.6 is 0 Å². The molecule has 4 nitrogen and oxygen atoms in total. The van der Waals surface area contributed by atoms with Crippen LogP contribution < -0.4 is 10.1 Å². The van der Waals surface area contributed by atoms with Gasteiger partial charge >= 0.3 is 0 Å². The molecular formula is C16H23N3O. The molecule has 1 fully saturated rings. The topological polar surface area (TPSA) is 48.3 Å². The smallest absolute Gasteiger partial charge is 0.136 e. The second kappa shape index (κ2) is 7.28. The highest BCUT2D eigenvalue weighted by Crippen LogP contribution is 2.19. The van der Waals surface area contributed by atoms with E-state index in [4.69, 9.17) is 10.00 Å². The maximum Gasteiger partial charge on any atom is 0.136 e. The van der Waals surface area contributed by atoms with E-state index in [1.807, 2.05) is 18.2 Å². The normalized spacial score (nSPS) is 19.6. The molecule has 2 rings (SSSR count). The van der Waals surface area contributed by atoms with Gasteiger partial charge in [0.05, 0.1) is 12.7 Å². The summed E-state index contributed by atoms with van der Waals surface area (Å²) in [4.78, 5) is 2.44. The molecule has 1 aliphatic rings. The number of rotatable bonds is 5. The first-order valence-corrected chi connectivity index (χ1v) is 7.22. The minimum absolute atomic E-state index is 0.599. The Morgan fingerprint density at radius 2 is 2.30 bits per heavy atom. The van der Waals surface area contributed by atoms with Crippen molar-refractivity contribution in [1.82, 2.24) is 10.2 Å². The van der Waals surface area contributed by atoms with Crippen LogP contribution in [0.1, 0.15) is 30.4 Å². The van der Waals surface area contributed by atoms with Crippen molar-refractivity contribution in [1.29, 1.82) is 5.26 Å². The zero-order chi connectivity index (χ0) is 14.4. The molecule has 1 aromatic rings. The van der Waals surface area contributed by atoms with Gasteiger partial charge in [0.25, 0.3) is 0 Å². The molecule has 1 aromatic carbocycles. The lowest BCUT2D eigenvalue weighted by Gasteiger charge is -2.32. The van der Waals surface area contributed by atoms with Crippen LogP contribution in [0.3, 0.4) is 0 Å². The van der Waals surface area contributed by atoms with Crippen molar-refractivity contribution in [2.75, 3.05) is 27.2 Å². The van der Waals surface area contributed by atoms with E-state index in [-0.39, 0.29) is 0 Å². The summed E-state index contributed by atoms with van der Waals surface area (Å²) in [6, 6.07) is 8.58. The van der Waals surface area contributed by atoms with E-state index < -0.39 is 0 Å². The van der Waals surface area contributed by atoms with Gasteiger partial charge in [0.15, 0.2) is 0 Å². The highest BCUT2D eigenvalue weighted by molar-refractivity contribution is 5.45. The number of piperidine rings is 1. The largest absolute Gasteiger partial charge is 0.495 e. The monoisotopic (exact) mass is 273 g/mol. The van der Waals surface area contributed by atoms with Gasteiger partial charge in [0, 0.05) is 19.1 Å². The third kappa shape index (κ3) is 3.72. The quantitative estimate of drug-likeness (QED) is 0.893. The van der Waals surface area contributed by atoms with E-state index in [0.29, 0.717) is 17.4 Å². The van der Waals surface area contributed by atoms with E-state index in [9.17, 15) is 0 Å². The van der Waals surface area contributed by atoms with Crippen LogP contribution in [0.5, 0.6) is 5.75 Å². The molecule has 0 saturated carbocycles. The Hall–Kier alpha value is -1.57. The maximum atomic E-state index is 9.08. The molecular weight excluding hydrogens is 250 g/mol. The van der Waals surface area contributed by atoms with E-state index in [1.54, 1.807) is 7.11 Å². The Kier molecular flexibility index (Phi) is 5.40. The first-order chi connectivity index (χ1) is 9.74. The van der Waals surface area contributed by atoms with Crippen LogP contribution in [0.15, 0.2) is 18.2 Å². The molecule has 1 atom stereocenters. The van der Waals surface area contributed by atoms with E-state index in [2.05, 4.69) is 23.3 Å². The SMILES string of the molecule is COc1ccc(CNCC2CCCCN2C)cc1C#N. The van der Waals surface area contributed by atoms with Crippen molar-refractivity contribution in [2.45, 2.75) is 31.8 Å². The van der Waals surface area contributed by atoms with Gasteiger partial charge in [-0.2, -0.15) is 5.26 Å². The predicted octanol–water partition coefficient (Wildman–Crippen LogP) is 2.14. The molecule has 4 heteroatoms. The average Bonchev–Trinajstić information content (AvgIpc) is 2.49. The van der Waals surface area contributed by atoms with Crippen molar-refractivity contribution >= 4 is 0 Å². The summed E-state index contributed by atoms with van der Waals surface area (Å²) < 4.78 is 5.16. The number of hydrogen-bond donors (Lipinski definition) is 1. The summed E-state index contributed by atoms with van der Waals surface area (Å²) in [6.07, 6.45) is 3.92. The molecule has 1 unspecified atom stereocenters. The van der Waals surface area contributed by atoms with Crippen molar-refractivity contribution < 1.29 is 4.74 Å². The second-order valence-corrected chi connectivity index (χ2v) is 5.41. The van der Waals surface area contributed by atoms with Crippen LogP contribution in [0.4, 0.5) is 0 Å². The fraction of sp³-hybridized carbons (Fsp3) is 0.562. The number of benzene rings is 1. The number of nitriles is 1. The molecule has 0 spiro atoms. The first-order valence-electron chi connectivity index (χ1n) is 7.22. The van der Waals surface area contributed by atoms with Crippen LogP contribution in [0.2, 0.25) is 0 Å². The number of nitrogens with zero attached hydrogens (tertiary/aromatic N) is 2. The van der Waals surface area contributed by atoms with Gasteiger partial charge in [0.2, 0.25) is 0 Å². The van der Waals surface area contributed by atoms with Crippen molar-refractivity contribution in [3.05, 3.63) is 29.3 Å². The number of likely N-dealkylation sites (N-methyl/N-ethyl adjacent to an activating group) is 1. The van der Waals surface area contributed by atoms with Gasteiger partial charge < -0.3 is 15.0 Å². The number of nitrogens with one attached hydrogen (secondary N) is 1. The Bertz CT molecular complexity index is 481. The van der Waals surface area contributed by atoms with Crippen LogP contribution in [-0.4, -0.2) is 38.2 Å². The number of ether oxygens (including phenoxy) is 1. The van der Waals surface area contributed by atoms with E-state index in [1.165, 1.54) is 25.8 Å². The highest BCUT2D eigenvalue weighted by atomic mass is 16.5. The number of hydrogen-bond acceptors (Lipinski definition) is 4. The highest BCUT2D eigenvalue weighted by Gasteiger charge is 2.17. The minimum Gasteiger partial charge on any atom is -0.495 e. The van der Waals surface area contributed by atoms with Crippen LogP contribution in [0, 0.1) is 11.3 Å². The molecule has 20 heavy (non-hydrogen) atoms. The standard InChI is InChI=1S/C16H23N3O/c1-19-8-4-3-5-15(19)12-18-11-13-6-7-16(20-2)14(9-13)10-17/h6-7,9,15,18H,3-5,8,11-12H2,1-2H3. The molecule has 1 heterocycles. The van der Waals surface area contributed by atoms with Crippen LogP contribution in [0.25, 0.3) is 0 Å². The summed E-state index contributed by atoms with van der Waals surface area (Å²) in [5.74, 6) is 0.642. The first kappa shape index (κ1) is 14.8. The molecule has 108 valence electrons. The summed E-state index contributed by atoms with van der Waals surface area (Å²) in [7, 11) is 3.79. The zero-order valence-corrected chi connectivity index (χ0v) is 12.4. The Morgan fingerprint density at radius 3 is 3.00 bits per heavy atom. The summed E-state index contributed by atoms with van der Waals surface area (Å²) in [5.41, 5.74) is 1.72. The molecule has 0 radical (unpaired) electrons. The summed E-state index contributed by atoms with van der Waals surface area (Å²) in [5, 5.41) is 12.6. The molecule has 0 aromatic heterocycles. The lowest BCUT2D eigenvalue weighted by atomic mass is 10.0. The summed E-state index contributed by atoms with van der Waals surface area (Å²) in [6.45, 7) is 3.00. The van der Waals surface area contributed by atoms with Crippen molar-refractivity contribution in [2.24, 2.45) is 0 Å². The molecule has 0 bridgehead atoms. The zero-order valence-electron chi connectivity index (χ0n) is 12.4. The Labute approximate surface area is 121 Å². The van der Waals surface area contributed by atoms with Gasteiger partial charge in [0.1, 0.15) is 11.8 Å². The second-order valence-electron chi connectivity index (χ2n) is 5.41. The molecule has 0 aliphatic carbocycles. The number of likely N-dealkylation sites (tertiary alicyclic amines) is 1. The average molecular weight is 273 g/mol. The third-order valence-corrected chi connectivity index (χ3v) is 4.01. The third-order valence-electron chi connectivity index (χ3n) is 4.01. The fourth-order valence-electron chi connectivity index (χ4n) is 2.74. The summed E-state index contributed by atoms with van der Waals surface area (Å²) >= 11 is 0. The predicted molar refractivity (Wildman–Crippen MR) is 79.7 cm³/mol. The Morgan fingerprint density at radius 1 is 1.45 bits per heavy atom. The lowest BCUT2D eigenvalue weighted by Crippen LogP contribution is -2.42. The van der Waals surface area contributed by atoms with Gasteiger partial charge in [-0.15, -0.1) is 0 Å². The van der Waals surface area contributed by atoms with E-state index in [0.717, 1.165) is 18.7 Å². The minimum atomic E-state index is 0.599. The molecule has 1 aliphatic heterocycles. The van der Waals surface area contributed by atoms with Gasteiger partial charge in [-0.25, -0.2) is 0 Å². The fourth-order valence-corrected chi connectivity index (χ4v) is 2.74. The maximum absolute atomic E-state index is 9.08. The van der Waals surface area contributed by atoms with Crippen LogP contribution in [-0.2, 0) is 6.54 Å². The Balaban J connectivity index is 1.86. The van der Waals surface area contributed by atoms with Gasteiger partial charge in [-0.05, 0) is 44.1 Å². The molecule has 1 saturated heterocycles. The van der Waals surface area contributed by atoms with E-state index >= 15 is 0 Å².